The summed E-state index contributed by atoms with van der Waals surface area (Å²) in [6.45, 7) is 2.27. The van der Waals surface area contributed by atoms with Crippen LogP contribution in [0.1, 0.15) is 18.4 Å². The molecule has 0 unspecified atom stereocenters. The zero-order valence-electron chi connectivity index (χ0n) is 11.0. The monoisotopic (exact) mass is 300 g/mol. The van der Waals surface area contributed by atoms with Gasteiger partial charge in [0.25, 0.3) is 0 Å². The molecule has 0 radical (unpaired) electrons. The Kier molecular flexibility index (Phi) is 5.08. The van der Waals surface area contributed by atoms with E-state index in [0.29, 0.717) is 16.6 Å². The highest BCUT2D eigenvalue weighted by atomic mass is 35.5. The van der Waals surface area contributed by atoms with Gasteiger partial charge < -0.3 is 10.2 Å². The summed E-state index contributed by atoms with van der Waals surface area (Å²) in [5.41, 5.74) is 0.883. The van der Waals surface area contributed by atoms with E-state index < -0.39 is 0 Å². The summed E-state index contributed by atoms with van der Waals surface area (Å²) < 4.78 is 0. The van der Waals surface area contributed by atoms with Crippen LogP contribution in [0, 0.1) is 5.92 Å². The van der Waals surface area contributed by atoms with Crippen LogP contribution < -0.4 is 5.32 Å². The van der Waals surface area contributed by atoms with E-state index in [9.17, 15) is 4.79 Å². The molecular formula is C14H18Cl2N2O. The fraction of sp³-hybridized carbons (Fsp3) is 0.500. The second-order valence-corrected chi connectivity index (χ2v) is 5.74. The van der Waals surface area contributed by atoms with Gasteiger partial charge in [-0.05, 0) is 31.0 Å². The van der Waals surface area contributed by atoms with E-state index in [0.717, 1.165) is 31.5 Å². The minimum absolute atomic E-state index is 0.0803. The lowest BCUT2D eigenvalue weighted by molar-refractivity contribution is -0.135. The summed E-state index contributed by atoms with van der Waals surface area (Å²) >= 11 is 12.1. The van der Waals surface area contributed by atoms with Gasteiger partial charge in [-0.3, -0.25) is 4.79 Å². The molecule has 0 saturated carbocycles. The third-order valence-electron chi connectivity index (χ3n) is 3.46. The number of hydrogen-bond acceptors (Lipinski definition) is 2. The lowest BCUT2D eigenvalue weighted by Gasteiger charge is -2.27. The fourth-order valence-corrected chi connectivity index (χ4v) is 2.76. The molecule has 0 aliphatic carbocycles. The first-order valence-electron chi connectivity index (χ1n) is 6.48. The zero-order chi connectivity index (χ0) is 13.8. The van der Waals surface area contributed by atoms with Crippen LogP contribution in [0.5, 0.6) is 0 Å². The van der Waals surface area contributed by atoms with Crippen LogP contribution in [-0.4, -0.2) is 30.9 Å². The van der Waals surface area contributed by atoms with Crippen molar-refractivity contribution in [1.29, 1.82) is 0 Å². The normalized spacial score (nSPS) is 19.2. The Bertz CT molecular complexity index is 459. The quantitative estimate of drug-likeness (QED) is 0.931. The molecule has 1 aromatic carbocycles. The van der Waals surface area contributed by atoms with Crippen molar-refractivity contribution in [3.8, 4) is 0 Å². The second kappa shape index (κ2) is 6.60. The van der Waals surface area contributed by atoms with Crippen molar-refractivity contribution in [3.63, 3.8) is 0 Å². The number of nitrogens with zero attached hydrogens (tertiary/aromatic N) is 1. The Balaban J connectivity index is 2.01. The molecule has 1 aliphatic rings. The van der Waals surface area contributed by atoms with Gasteiger partial charge >= 0.3 is 0 Å². The van der Waals surface area contributed by atoms with Gasteiger partial charge in [0.15, 0.2) is 0 Å². The van der Waals surface area contributed by atoms with Gasteiger partial charge in [-0.15, -0.1) is 0 Å². The molecule has 1 N–H and O–H groups in total. The maximum Gasteiger partial charge on any atom is 0.227 e. The fourth-order valence-electron chi connectivity index (χ4n) is 2.38. The van der Waals surface area contributed by atoms with Crippen LogP contribution in [0.25, 0.3) is 0 Å². The number of rotatable bonds is 3. The van der Waals surface area contributed by atoms with Crippen molar-refractivity contribution < 1.29 is 4.79 Å². The van der Waals surface area contributed by atoms with Gasteiger partial charge in [0.05, 0.1) is 16.0 Å². The van der Waals surface area contributed by atoms with Crippen LogP contribution in [0.15, 0.2) is 18.2 Å². The first kappa shape index (κ1) is 14.6. The molecular weight excluding hydrogens is 283 g/mol. The number of benzene rings is 1. The first-order valence-corrected chi connectivity index (χ1v) is 7.23. The molecule has 1 atom stereocenters. The topological polar surface area (TPSA) is 32.3 Å². The minimum Gasteiger partial charge on any atom is -0.341 e. The van der Waals surface area contributed by atoms with Gasteiger partial charge in [0.1, 0.15) is 0 Å². The van der Waals surface area contributed by atoms with Crippen molar-refractivity contribution in [2.24, 2.45) is 5.92 Å². The Labute approximate surface area is 123 Å². The summed E-state index contributed by atoms with van der Waals surface area (Å²) in [5.74, 6) is 0.250. The molecule has 0 spiro atoms. The van der Waals surface area contributed by atoms with E-state index in [1.54, 1.807) is 11.0 Å². The SMILES string of the molecule is CN(Cc1cccc(Cl)c1Cl)C(=O)[C@@H]1CCCNC1. The van der Waals surface area contributed by atoms with Crippen molar-refractivity contribution in [2.75, 3.05) is 20.1 Å². The molecule has 104 valence electrons. The first-order chi connectivity index (χ1) is 9.09. The predicted molar refractivity (Wildman–Crippen MR) is 78.5 cm³/mol. The molecule has 1 amide bonds. The molecule has 1 heterocycles. The largest absolute Gasteiger partial charge is 0.341 e. The van der Waals surface area contributed by atoms with Crippen LogP contribution in [-0.2, 0) is 11.3 Å². The van der Waals surface area contributed by atoms with Gasteiger partial charge in [0.2, 0.25) is 5.91 Å². The average molecular weight is 301 g/mol. The summed E-state index contributed by atoms with van der Waals surface area (Å²) in [6.07, 6.45) is 2.02. The number of carbonyl (C=O) groups is 1. The number of halogens is 2. The van der Waals surface area contributed by atoms with Crippen molar-refractivity contribution in [1.82, 2.24) is 10.2 Å². The maximum absolute atomic E-state index is 12.3. The minimum atomic E-state index is 0.0803. The lowest BCUT2D eigenvalue weighted by Crippen LogP contribution is -2.41. The van der Waals surface area contributed by atoms with Crippen LogP contribution in [0.4, 0.5) is 0 Å². The Morgan fingerprint density at radius 1 is 1.47 bits per heavy atom. The van der Waals surface area contributed by atoms with Gasteiger partial charge in [0, 0.05) is 20.1 Å². The van der Waals surface area contributed by atoms with E-state index in [2.05, 4.69) is 5.32 Å². The summed E-state index contributed by atoms with van der Waals surface area (Å²) in [7, 11) is 1.81. The van der Waals surface area contributed by atoms with E-state index in [1.165, 1.54) is 0 Å². The Hall–Kier alpha value is -0.770. The number of hydrogen-bond donors (Lipinski definition) is 1. The molecule has 2 rings (SSSR count). The van der Waals surface area contributed by atoms with Crippen molar-refractivity contribution in [3.05, 3.63) is 33.8 Å². The molecule has 5 heteroatoms. The predicted octanol–water partition coefficient (Wildman–Crippen LogP) is 2.95. The molecule has 1 aliphatic heterocycles. The third kappa shape index (κ3) is 3.62. The molecule has 0 aromatic heterocycles. The standard InChI is InChI=1S/C14H18Cl2N2O/c1-18(14(19)10-5-3-7-17-8-10)9-11-4-2-6-12(15)13(11)16/h2,4,6,10,17H,3,5,7-9H2,1H3/t10-/m1/s1. The Morgan fingerprint density at radius 2 is 2.26 bits per heavy atom. The number of amides is 1. The Morgan fingerprint density at radius 3 is 2.95 bits per heavy atom. The molecule has 1 saturated heterocycles. The van der Waals surface area contributed by atoms with E-state index in [-0.39, 0.29) is 11.8 Å². The molecule has 1 aromatic rings. The maximum atomic E-state index is 12.3. The third-order valence-corrected chi connectivity index (χ3v) is 4.32. The zero-order valence-corrected chi connectivity index (χ0v) is 12.5. The smallest absolute Gasteiger partial charge is 0.227 e. The van der Waals surface area contributed by atoms with E-state index in [4.69, 9.17) is 23.2 Å². The molecule has 0 bridgehead atoms. The van der Waals surface area contributed by atoms with Gasteiger partial charge in [-0.1, -0.05) is 35.3 Å². The highest BCUT2D eigenvalue weighted by molar-refractivity contribution is 6.42. The highest BCUT2D eigenvalue weighted by Crippen LogP contribution is 2.26. The summed E-state index contributed by atoms with van der Waals surface area (Å²) in [5, 5.41) is 4.32. The van der Waals surface area contributed by atoms with Crippen LogP contribution in [0.3, 0.4) is 0 Å². The number of nitrogens with one attached hydrogen (secondary N) is 1. The lowest BCUT2D eigenvalue weighted by atomic mass is 9.98. The highest BCUT2D eigenvalue weighted by Gasteiger charge is 2.24. The number of carbonyl (C=O) groups excluding carboxylic acids is 1. The van der Waals surface area contributed by atoms with Crippen LogP contribution >= 0.6 is 23.2 Å². The molecule has 1 fully saturated rings. The van der Waals surface area contributed by atoms with Crippen LogP contribution in [0.2, 0.25) is 10.0 Å². The van der Waals surface area contributed by atoms with E-state index >= 15 is 0 Å². The summed E-state index contributed by atoms with van der Waals surface area (Å²) in [4.78, 5) is 14.0. The average Bonchev–Trinajstić information content (AvgIpc) is 2.44. The van der Waals surface area contributed by atoms with Gasteiger partial charge in [-0.25, -0.2) is 0 Å². The molecule has 19 heavy (non-hydrogen) atoms. The van der Waals surface area contributed by atoms with Crippen molar-refractivity contribution in [2.45, 2.75) is 19.4 Å². The van der Waals surface area contributed by atoms with Gasteiger partial charge in [-0.2, -0.15) is 0 Å². The number of piperidine rings is 1. The molecule has 3 nitrogen and oxygen atoms in total. The second-order valence-electron chi connectivity index (χ2n) is 4.95. The van der Waals surface area contributed by atoms with E-state index in [1.807, 2.05) is 19.2 Å². The summed E-state index contributed by atoms with van der Waals surface area (Å²) in [6, 6.07) is 5.50. The van der Waals surface area contributed by atoms with Crippen molar-refractivity contribution >= 4 is 29.1 Å².